The van der Waals surface area contributed by atoms with Gasteiger partial charge in [-0.25, -0.2) is 0 Å². The van der Waals surface area contributed by atoms with Gasteiger partial charge in [0.1, 0.15) is 5.41 Å². The van der Waals surface area contributed by atoms with Crippen molar-refractivity contribution < 1.29 is 9.53 Å². The Hall–Kier alpha value is -0.880. The van der Waals surface area contributed by atoms with Crippen molar-refractivity contribution in [3.8, 4) is 6.07 Å². The molecule has 1 saturated heterocycles. The highest BCUT2D eigenvalue weighted by atomic mass is 16.5. The molecular weight excluding hydrogens is 190 g/mol. The van der Waals surface area contributed by atoms with Crippen molar-refractivity contribution >= 4 is 5.78 Å². The third kappa shape index (κ3) is 2.05. The summed E-state index contributed by atoms with van der Waals surface area (Å²) in [6.45, 7) is 0.792. The average Bonchev–Trinajstić information content (AvgIpc) is 2.74. The van der Waals surface area contributed by atoms with Gasteiger partial charge in [0.25, 0.3) is 0 Å². The van der Waals surface area contributed by atoms with E-state index in [-0.39, 0.29) is 11.9 Å². The van der Waals surface area contributed by atoms with E-state index in [2.05, 4.69) is 6.07 Å². The zero-order valence-corrected chi connectivity index (χ0v) is 9.00. The summed E-state index contributed by atoms with van der Waals surface area (Å²) in [6, 6.07) is 2.26. The van der Waals surface area contributed by atoms with Gasteiger partial charge < -0.3 is 4.74 Å². The van der Waals surface area contributed by atoms with Crippen molar-refractivity contribution in [2.45, 2.75) is 51.0 Å². The zero-order valence-electron chi connectivity index (χ0n) is 9.00. The van der Waals surface area contributed by atoms with Crippen LogP contribution in [0.4, 0.5) is 0 Å². The first-order valence-corrected chi connectivity index (χ1v) is 5.83. The second-order valence-electron chi connectivity index (χ2n) is 4.66. The average molecular weight is 207 g/mol. The van der Waals surface area contributed by atoms with Crippen LogP contribution in [0, 0.1) is 16.7 Å². The molecule has 2 aliphatic rings. The van der Waals surface area contributed by atoms with Crippen molar-refractivity contribution in [2.75, 3.05) is 6.61 Å². The van der Waals surface area contributed by atoms with Crippen LogP contribution in [0.3, 0.4) is 0 Å². The van der Waals surface area contributed by atoms with Crippen molar-refractivity contribution in [3.05, 3.63) is 0 Å². The van der Waals surface area contributed by atoms with E-state index in [0.717, 1.165) is 38.7 Å². The second-order valence-corrected chi connectivity index (χ2v) is 4.66. The van der Waals surface area contributed by atoms with Crippen LogP contribution in [0.2, 0.25) is 0 Å². The lowest BCUT2D eigenvalue weighted by atomic mass is 9.70. The number of ketones is 1. The molecule has 3 nitrogen and oxygen atoms in total. The molecule has 0 bridgehead atoms. The van der Waals surface area contributed by atoms with Crippen LogP contribution in [0.25, 0.3) is 0 Å². The van der Waals surface area contributed by atoms with E-state index in [1.807, 2.05) is 0 Å². The van der Waals surface area contributed by atoms with Gasteiger partial charge in [0, 0.05) is 13.0 Å². The summed E-state index contributed by atoms with van der Waals surface area (Å²) in [4.78, 5) is 11.9. The Morgan fingerprint density at radius 1 is 1.47 bits per heavy atom. The summed E-state index contributed by atoms with van der Waals surface area (Å²) in [7, 11) is 0. The highest BCUT2D eigenvalue weighted by molar-refractivity contribution is 5.88. The monoisotopic (exact) mass is 207 g/mol. The van der Waals surface area contributed by atoms with E-state index in [1.165, 1.54) is 0 Å². The Kier molecular flexibility index (Phi) is 3.06. The van der Waals surface area contributed by atoms with Crippen LogP contribution < -0.4 is 0 Å². The third-order valence-electron chi connectivity index (χ3n) is 3.61. The number of Topliss-reactive ketones (excluding diaryl/α,β-unsaturated/α-hetero) is 1. The molecule has 1 aliphatic carbocycles. The number of carbonyl (C=O) groups is 1. The van der Waals surface area contributed by atoms with Crippen LogP contribution >= 0.6 is 0 Å². The van der Waals surface area contributed by atoms with Gasteiger partial charge in [-0.05, 0) is 32.1 Å². The molecule has 0 amide bonds. The molecule has 0 spiro atoms. The molecule has 2 rings (SSSR count). The summed E-state index contributed by atoms with van der Waals surface area (Å²) in [5, 5.41) is 9.25. The van der Waals surface area contributed by atoms with Crippen LogP contribution in [0.15, 0.2) is 0 Å². The predicted molar refractivity (Wildman–Crippen MR) is 55.1 cm³/mol. The molecule has 2 unspecified atom stereocenters. The smallest absolute Gasteiger partial charge is 0.153 e. The van der Waals surface area contributed by atoms with E-state index in [4.69, 9.17) is 4.74 Å². The van der Waals surface area contributed by atoms with Crippen LogP contribution in [-0.2, 0) is 9.53 Å². The van der Waals surface area contributed by atoms with E-state index < -0.39 is 5.41 Å². The molecule has 0 radical (unpaired) electrons. The Bertz CT molecular complexity index is 288. The Morgan fingerprint density at radius 3 is 2.93 bits per heavy atom. The van der Waals surface area contributed by atoms with Crippen molar-refractivity contribution in [1.82, 2.24) is 0 Å². The molecule has 1 saturated carbocycles. The highest BCUT2D eigenvalue weighted by Gasteiger charge is 2.42. The molecule has 0 aromatic heterocycles. The van der Waals surface area contributed by atoms with Crippen molar-refractivity contribution in [3.63, 3.8) is 0 Å². The molecular formula is C12H17NO2. The zero-order chi connectivity index (χ0) is 10.7. The molecule has 0 N–H and O–H groups in total. The van der Waals surface area contributed by atoms with Crippen molar-refractivity contribution in [1.29, 1.82) is 5.26 Å². The lowest BCUT2D eigenvalue weighted by Crippen LogP contribution is -2.36. The molecule has 3 heteroatoms. The Labute approximate surface area is 90.4 Å². The molecule has 0 aromatic rings. The van der Waals surface area contributed by atoms with E-state index >= 15 is 0 Å². The minimum absolute atomic E-state index is 0.145. The first-order valence-electron chi connectivity index (χ1n) is 5.83. The largest absolute Gasteiger partial charge is 0.378 e. The van der Waals surface area contributed by atoms with Crippen LogP contribution in [-0.4, -0.2) is 18.5 Å². The first kappa shape index (κ1) is 10.6. The summed E-state index contributed by atoms with van der Waals surface area (Å²) < 4.78 is 5.53. The number of nitriles is 1. The summed E-state index contributed by atoms with van der Waals surface area (Å²) >= 11 is 0. The second kappa shape index (κ2) is 4.32. The van der Waals surface area contributed by atoms with Gasteiger partial charge in [-0.15, -0.1) is 0 Å². The maximum atomic E-state index is 11.9. The Balaban J connectivity index is 2.06. The lowest BCUT2D eigenvalue weighted by molar-refractivity contribution is -0.129. The van der Waals surface area contributed by atoms with E-state index in [1.54, 1.807) is 0 Å². The summed E-state index contributed by atoms with van der Waals surface area (Å²) in [5.74, 6) is 0.145. The minimum Gasteiger partial charge on any atom is -0.378 e. The summed E-state index contributed by atoms with van der Waals surface area (Å²) in [5.41, 5.74) is -0.715. The number of rotatable bonds is 2. The first-order chi connectivity index (χ1) is 7.27. The number of hydrogen-bond donors (Lipinski definition) is 0. The van der Waals surface area contributed by atoms with Gasteiger partial charge in [0.05, 0.1) is 12.2 Å². The maximum absolute atomic E-state index is 11.9. The third-order valence-corrected chi connectivity index (χ3v) is 3.61. The number of nitrogens with zero attached hydrogens (tertiary/aromatic N) is 1. The van der Waals surface area contributed by atoms with Gasteiger partial charge in [0.15, 0.2) is 5.78 Å². The number of ether oxygens (including phenoxy) is 1. The molecule has 2 fully saturated rings. The quantitative estimate of drug-likeness (QED) is 0.697. The topological polar surface area (TPSA) is 50.1 Å². The van der Waals surface area contributed by atoms with Gasteiger partial charge in [0.2, 0.25) is 0 Å². The Morgan fingerprint density at radius 2 is 2.33 bits per heavy atom. The fourth-order valence-electron chi connectivity index (χ4n) is 2.66. The van der Waals surface area contributed by atoms with Crippen molar-refractivity contribution in [2.24, 2.45) is 5.41 Å². The fraction of sp³-hybridized carbons (Fsp3) is 0.833. The standard InChI is InChI=1S/C12H17NO2/c13-9-12(6-2-1-5-11(12)14)8-10-4-3-7-15-10/h10H,1-8H2. The SMILES string of the molecule is N#CC1(CC2CCCO2)CCCCC1=O. The number of hydrogen-bond acceptors (Lipinski definition) is 3. The van der Waals surface area contributed by atoms with Gasteiger partial charge >= 0.3 is 0 Å². The van der Waals surface area contributed by atoms with Gasteiger partial charge in [-0.1, -0.05) is 6.42 Å². The molecule has 1 aliphatic heterocycles. The van der Waals surface area contributed by atoms with Crippen LogP contribution in [0.5, 0.6) is 0 Å². The molecule has 2 atom stereocenters. The van der Waals surface area contributed by atoms with Gasteiger partial charge in [-0.2, -0.15) is 5.26 Å². The van der Waals surface area contributed by atoms with E-state index in [9.17, 15) is 10.1 Å². The van der Waals surface area contributed by atoms with Crippen LogP contribution in [0.1, 0.15) is 44.9 Å². The van der Waals surface area contributed by atoms with E-state index in [0.29, 0.717) is 12.8 Å². The molecule has 0 aromatic carbocycles. The highest BCUT2D eigenvalue weighted by Crippen LogP contribution is 2.39. The molecule has 82 valence electrons. The summed E-state index contributed by atoms with van der Waals surface area (Å²) in [6.07, 6.45) is 6.13. The maximum Gasteiger partial charge on any atom is 0.153 e. The van der Waals surface area contributed by atoms with Gasteiger partial charge in [-0.3, -0.25) is 4.79 Å². The lowest BCUT2D eigenvalue weighted by Gasteiger charge is -2.30. The normalized spacial score (nSPS) is 36.5. The predicted octanol–water partition coefficient (Wildman–Crippen LogP) is 2.21. The fourth-order valence-corrected chi connectivity index (χ4v) is 2.66. The number of carbonyl (C=O) groups excluding carboxylic acids is 1. The molecule has 1 heterocycles. The minimum atomic E-state index is -0.715. The molecule has 15 heavy (non-hydrogen) atoms.